The summed E-state index contributed by atoms with van der Waals surface area (Å²) in [4.78, 5) is 13.2. The van der Waals surface area contributed by atoms with E-state index in [9.17, 15) is 13.6 Å². The fourth-order valence-corrected chi connectivity index (χ4v) is 1.74. The monoisotopic (exact) mass is 301 g/mol. The molecule has 0 aliphatic carbocycles. The molecule has 0 radical (unpaired) electrons. The normalized spacial score (nSPS) is 11.8. The number of amides is 1. The number of carbonyl (C=O) groups is 1. The lowest BCUT2D eigenvalue weighted by Crippen LogP contribution is -2.39. The van der Waals surface area contributed by atoms with E-state index in [1.54, 1.807) is 7.05 Å². The largest absolute Gasteiger partial charge is 0.389 e. The van der Waals surface area contributed by atoms with Crippen LogP contribution in [0.4, 0.5) is 14.5 Å². The molecule has 1 aromatic rings. The zero-order chi connectivity index (χ0) is 15.4. The van der Waals surface area contributed by atoms with E-state index in [0.717, 1.165) is 12.1 Å². The molecular weight excluding hydrogens is 284 g/mol. The van der Waals surface area contributed by atoms with Crippen molar-refractivity contribution >= 4 is 28.8 Å². The summed E-state index contributed by atoms with van der Waals surface area (Å²) in [5.74, 6) is -1.94. The Hall–Kier alpha value is -1.76. The predicted molar refractivity (Wildman–Crippen MR) is 78.6 cm³/mol. The summed E-state index contributed by atoms with van der Waals surface area (Å²) in [5.41, 5.74) is 5.06. The molecule has 0 aliphatic heterocycles. The maximum Gasteiger partial charge on any atom is 0.244 e. The molecule has 1 aromatic carbocycles. The third-order valence-electron chi connectivity index (χ3n) is 2.91. The molecule has 0 saturated heterocycles. The first-order chi connectivity index (χ1) is 9.27. The minimum atomic E-state index is -0.841. The molecule has 4 nitrogen and oxygen atoms in total. The van der Waals surface area contributed by atoms with Crippen molar-refractivity contribution in [3.05, 3.63) is 29.3 Å². The number of nitrogens with two attached hydrogens (primary N) is 1. The highest BCUT2D eigenvalue weighted by atomic mass is 32.1. The van der Waals surface area contributed by atoms with E-state index >= 15 is 0 Å². The molecule has 0 bridgehead atoms. The van der Waals surface area contributed by atoms with Crippen LogP contribution in [0.3, 0.4) is 0 Å². The summed E-state index contributed by atoms with van der Waals surface area (Å²) in [5, 5.41) is 2.53. The Bertz CT molecular complexity index is 513. The zero-order valence-corrected chi connectivity index (χ0v) is 12.4. The van der Waals surface area contributed by atoms with Crippen molar-refractivity contribution in [1.29, 1.82) is 0 Å². The number of halogens is 2. The predicted octanol–water partition coefficient (Wildman–Crippen LogP) is 1.88. The van der Waals surface area contributed by atoms with Gasteiger partial charge in [0.2, 0.25) is 5.91 Å². The smallest absolute Gasteiger partial charge is 0.244 e. The van der Waals surface area contributed by atoms with E-state index in [4.69, 9.17) is 5.73 Å². The number of thiocarbonyl (C=S) groups is 1. The number of nitrogens with zero attached hydrogens (tertiary/aromatic N) is 1. The van der Waals surface area contributed by atoms with Crippen molar-refractivity contribution in [3.8, 4) is 0 Å². The molecule has 0 fully saturated rings. The standard InChI is InChI=1S/C13H17F2N3OS/c1-4-18(3)13(19)7(2)17-11-9(14)5-8(12(16)20)6-10(11)15/h5-7,17H,4H2,1-3H3,(H2,16,20). The van der Waals surface area contributed by atoms with E-state index in [2.05, 4.69) is 17.5 Å². The number of carbonyl (C=O) groups excluding carboxylic acids is 1. The number of benzene rings is 1. The number of likely N-dealkylation sites (N-methyl/N-ethyl adjacent to an activating group) is 1. The van der Waals surface area contributed by atoms with Crippen molar-refractivity contribution in [2.75, 3.05) is 18.9 Å². The van der Waals surface area contributed by atoms with Crippen molar-refractivity contribution in [2.45, 2.75) is 19.9 Å². The molecule has 20 heavy (non-hydrogen) atoms. The average molecular weight is 301 g/mol. The van der Waals surface area contributed by atoms with Gasteiger partial charge in [-0.2, -0.15) is 0 Å². The second-order valence-electron chi connectivity index (χ2n) is 4.40. The maximum atomic E-state index is 13.8. The topological polar surface area (TPSA) is 58.4 Å². The fourth-order valence-electron chi connectivity index (χ4n) is 1.62. The van der Waals surface area contributed by atoms with Crippen LogP contribution >= 0.6 is 12.2 Å². The lowest BCUT2D eigenvalue weighted by Gasteiger charge is -2.22. The molecule has 1 amide bonds. The van der Waals surface area contributed by atoms with Crippen molar-refractivity contribution in [3.63, 3.8) is 0 Å². The van der Waals surface area contributed by atoms with Crippen LogP contribution in [0.25, 0.3) is 0 Å². The summed E-state index contributed by atoms with van der Waals surface area (Å²) >= 11 is 4.67. The number of hydrogen-bond acceptors (Lipinski definition) is 3. The van der Waals surface area contributed by atoms with Crippen LogP contribution in [0.1, 0.15) is 19.4 Å². The van der Waals surface area contributed by atoms with Gasteiger partial charge in [0.25, 0.3) is 0 Å². The summed E-state index contributed by atoms with van der Waals surface area (Å²) in [6.45, 7) is 3.85. The molecule has 1 unspecified atom stereocenters. The van der Waals surface area contributed by atoms with Gasteiger partial charge >= 0.3 is 0 Å². The van der Waals surface area contributed by atoms with Crippen molar-refractivity contribution in [2.24, 2.45) is 5.73 Å². The molecular formula is C13H17F2N3OS. The molecule has 0 spiro atoms. The van der Waals surface area contributed by atoms with Gasteiger partial charge in [-0.1, -0.05) is 12.2 Å². The van der Waals surface area contributed by atoms with Gasteiger partial charge < -0.3 is 16.0 Å². The lowest BCUT2D eigenvalue weighted by atomic mass is 10.1. The minimum Gasteiger partial charge on any atom is -0.389 e. The molecule has 7 heteroatoms. The quantitative estimate of drug-likeness (QED) is 0.815. The van der Waals surface area contributed by atoms with Gasteiger partial charge in [-0.05, 0) is 26.0 Å². The van der Waals surface area contributed by atoms with E-state index in [1.165, 1.54) is 11.8 Å². The number of nitrogens with one attached hydrogen (secondary N) is 1. The average Bonchev–Trinajstić information content (AvgIpc) is 2.40. The Balaban J connectivity index is 2.99. The van der Waals surface area contributed by atoms with E-state index < -0.39 is 17.7 Å². The Morgan fingerprint density at radius 1 is 1.45 bits per heavy atom. The molecule has 1 rings (SSSR count). The van der Waals surface area contributed by atoms with Crippen LogP contribution in [0.5, 0.6) is 0 Å². The molecule has 0 aliphatic rings. The lowest BCUT2D eigenvalue weighted by molar-refractivity contribution is -0.130. The van der Waals surface area contributed by atoms with E-state index in [1.807, 2.05) is 6.92 Å². The molecule has 110 valence electrons. The Morgan fingerprint density at radius 3 is 2.35 bits per heavy atom. The van der Waals surface area contributed by atoms with Crippen molar-refractivity contribution in [1.82, 2.24) is 4.90 Å². The Kier molecular flexibility index (Phi) is 5.38. The summed E-state index contributed by atoms with van der Waals surface area (Å²) < 4.78 is 27.7. The van der Waals surface area contributed by atoms with Gasteiger partial charge in [-0.25, -0.2) is 8.78 Å². The number of rotatable bonds is 5. The van der Waals surface area contributed by atoms with Crippen molar-refractivity contribution < 1.29 is 13.6 Å². The molecule has 0 heterocycles. The third kappa shape index (κ3) is 3.63. The second-order valence-corrected chi connectivity index (χ2v) is 4.84. The van der Waals surface area contributed by atoms with Gasteiger partial charge in [-0.3, -0.25) is 4.79 Å². The SMILES string of the molecule is CCN(C)C(=O)C(C)Nc1c(F)cc(C(N)=S)cc1F. The first-order valence-corrected chi connectivity index (χ1v) is 6.49. The summed E-state index contributed by atoms with van der Waals surface area (Å²) in [7, 11) is 1.61. The van der Waals surface area contributed by atoms with Gasteiger partial charge in [0.15, 0.2) is 0 Å². The zero-order valence-electron chi connectivity index (χ0n) is 11.5. The Labute approximate surface area is 121 Å². The van der Waals surface area contributed by atoms with Crippen LogP contribution in [-0.2, 0) is 4.79 Å². The first-order valence-electron chi connectivity index (χ1n) is 6.08. The second kappa shape index (κ2) is 6.60. The third-order valence-corrected chi connectivity index (χ3v) is 3.14. The molecule has 0 aromatic heterocycles. The van der Waals surface area contributed by atoms with E-state index in [-0.39, 0.29) is 22.1 Å². The van der Waals surface area contributed by atoms with Crippen LogP contribution < -0.4 is 11.1 Å². The van der Waals surface area contributed by atoms with Gasteiger partial charge in [-0.15, -0.1) is 0 Å². The van der Waals surface area contributed by atoms with Crippen LogP contribution in [0.15, 0.2) is 12.1 Å². The summed E-state index contributed by atoms with van der Waals surface area (Å²) in [6, 6.07) is 1.32. The van der Waals surface area contributed by atoms with Crippen LogP contribution in [-0.4, -0.2) is 35.4 Å². The Morgan fingerprint density at radius 2 is 1.95 bits per heavy atom. The summed E-state index contributed by atoms with van der Waals surface area (Å²) in [6.07, 6.45) is 0. The van der Waals surface area contributed by atoms with Gasteiger partial charge in [0.1, 0.15) is 28.4 Å². The number of hydrogen-bond donors (Lipinski definition) is 2. The van der Waals surface area contributed by atoms with Crippen LogP contribution in [0, 0.1) is 11.6 Å². The minimum absolute atomic E-state index is 0.0933. The highest BCUT2D eigenvalue weighted by Crippen LogP contribution is 2.22. The van der Waals surface area contributed by atoms with E-state index in [0.29, 0.717) is 6.54 Å². The van der Waals surface area contributed by atoms with Gasteiger partial charge in [0, 0.05) is 19.2 Å². The number of anilines is 1. The molecule has 0 saturated carbocycles. The first kappa shape index (κ1) is 16.3. The highest BCUT2D eigenvalue weighted by molar-refractivity contribution is 7.80. The van der Waals surface area contributed by atoms with Crippen LogP contribution in [0.2, 0.25) is 0 Å². The molecule has 3 N–H and O–H groups in total. The van der Waals surface area contributed by atoms with Gasteiger partial charge in [0.05, 0.1) is 0 Å². The highest BCUT2D eigenvalue weighted by Gasteiger charge is 2.20. The molecule has 1 atom stereocenters. The maximum absolute atomic E-state index is 13.8. The fraction of sp³-hybridized carbons (Fsp3) is 0.385.